The molecule has 0 bridgehead atoms. The van der Waals surface area contributed by atoms with Crippen molar-refractivity contribution in [1.82, 2.24) is 9.13 Å². The molecule has 2 heterocycles. The predicted molar refractivity (Wildman–Crippen MR) is 111 cm³/mol. The lowest BCUT2D eigenvalue weighted by Crippen LogP contribution is -2.40. The molecule has 0 atom stereocenters. The number of hydrogen-bond donors (Lipinski definition) is 1. The van der Waals surface area contributed by atoms with E-state index in [-0.39, 0.29) is 18.0 Å². The minimum absolute atomic E-state index is 0.187. The highest BCUT2D eigenvalue weighted by atomic mass is 32.1. The quantitative estimate of drug-likeness (QED) is 0.581. The molecule has 1 amide bonds. The molecule has 1 N–H and O–H groups in total. The normalized spacial score (nSPS) is 10.9. The molecule has 0 aliphatic heterocycles. The van der Waals surface area contributed by atoms with Crippen LogP contribution < -0.4 is 16.6 Å². The Morgan fingerprint density at radius 2 is 1.82 bits per heavy atom. The van der Waals surface area contributed by atoms with E-state index in [2.05, 4.69) is 5.32 Å². The number of amides is 1. The topological polar surface area (TPSA) is 73.1 Å². The molecule has 2 aromatic heterocycles. The van der Waals surface area contributed by atoms with Crippen LogP contribution in [-0.4, -0.2) is 15.0 Å². The van der Waals surface area contributed by atoms with Gasteiger partial charge in [0.25, 0.3) is 5.56 Å². The number of benzene rings is 2. The number of aromatic nitrogens is 2. The van der Waals surface area contributed by atoms with E-state index in [9.17, 15) is 14.4 Å². The van der Waals surface area contributed by atoms with Gasteiger partial charge in [-0.05, 0) is 48.2 Å². The summed E-state index contributed by atoms with van der Waals surface area (Å²) in [5, 5.41) is 4.52. The fourth-order valence-corrected chi connectivity index (χ4v) is 3.92. The van der Waals surface area contributed by atoms with Crippen LogP contribution in [0, 0.1) is 6.92 Å². The summed E-state index contributed by atoms with van der Waals surface area (Å²) in [6.07, 6.45) is 0. The van der Waals surface area contributed by atoms with Gasteiger partial charge in [0.1, 0.15) is 11.2 Å². The molecule has 6 nitrogen and oxygen atoms in total. The van der Waals surface area contributed by atoms with Crippen LogP contribution in [0.2, 0.25) is 0 Å². The summed E-state index contributed by atoms with van der Waals surface area (Å²) in [7, 11) is 0. The summed E-state index contributed by atoms with van der Waals surface area (Å²) < 4.78 is 2.91. The van der Waals surface area contributed by atoms with Crippen molar-refractivity contribution in [3.8, 4) is 5.69 Å². The lowest BCUT2D eigenvalue weighted by molar-refractivity contribution is -0.116. The third-order valence-electron chi connectivity index (χ3n) is 4.37. The molecule has 0 saturated heterocycles. The molecular formula is C21H17N3O3S. The van der Waals surface area contributed by atoms with E-state index in [1.165, 1.54) is 15.9 Å². The summed E-state index contributed by atoms with van der Waals surface area (Å²) in [6, 6.07) is 17.9. The van der Waals surface area contributed by atoms with E-state index in [4.69, 9.17) is 0 Å². The van der Waals surface area contributed by atoms with Crippen molar-refractivity contribution in [2.24, 2.45) is 0 Å². The monoisotopic (exact) mass is 391 g/mol. The first kappa shape index (κ1) is 17.9. The van der Waals surface area contributed by atoms with Crippen LogP contribution in [0.25, 0.3) is 15.9 Å². The zero-order chi connectivity index (χ0) is 19.7. The molecule has 4 rings (SSSR count). The van der Waals surface area contributed by atoms with E-state index < -0.39 is 5.69 Å². The molecule has 0 aliphatic carbocycles. The first-order valence-corrected chi connectivity index (χ1v) is 9.57. The van der Waals surface area contributed by atoms with Gasteiger partial charge < -0.3 is 5.32 Å². The number of fused-ring (bicyclic) bond motifs is 1. The second-order valence-corrected chi connectivity index (χ2v) is 7.31. The Kier molecular flexibility index (Phi) is 4.67. The van der Waals surface area contributed by atoms with Crippen LogP contribution >= 0.6 is 11.3 Å². The number of hydrogen-bond acceptors (Lipinski definition) is 4. The smallest absolute Gasteiger partial charge is 0.325 e. The Bertz CT molecular complexity index is 1290. The number of nitrogens with one attached hydrogen (secondary N) is 1. The standard InChI is InChI=1S/C21H17N3O3S/c1-14-6-5-9-16(12-14)24-20(26)19-17(10-11-28-19)23(21(24)27)13-18(25)22-15-7-3-2-4-8-15/h2-12H,13H2,1H3,(H,22,25). The molecule has 0 fully saturated rings. The van der Waals surface area contributed by atoms with Gasteiger partial charge in [-0.25, -0.2) is 9.36 Å². The van der Waals surface area contributed by atoms with Crippen molar-refractivity contribution in [3.05, 3.63) is 92.4 Å². The summed E-state index contributed by atoms with van der Waals surface area (Å²) in [4.78, 5) is 38.6. The van der Waals surface area contributed by atoms with Crippen molar-refractivity contribution >= 4 is 33.1 Å². The van der Waals surface area contributed by atoms with Crippen molar-refractivity contribution in [3.63, 3.8) is 0 Å². The molecule has 7 heteroatoms. The molecule has 0 aliphatic rings. The highest BCUT2D eigenvalue weighted by Crippen LogP contribution is 2.17. The molecule has 4 aromatic rings. The number of anilines is 1. The van der Waals surface area contributed by atoms with E-state index in [1.54, 1.807) is 41.8 Å². The molecule has 0 radical (unpaired) electrons. The molecule has 28 heavy (non-hydrogen) atoms. The summed E-state index contributed by atoms with van der Waals surface area (Å²) in [5.74, 6) is -0.338. The SMILES string of the molecule is Cc1cccc(-n2c(=O)c3sccc3n(CC(=O)Nc3ccccc3)c2=O)c1. The highest BCUT2D eigenvalue weighted by Gasteiger charge is 2.17. The zero-order valence-corrected chi connectivity index (χ0v) is 15.9. The van der Waals surface area contributed by atoms with E-state index in [0.717, 1.165) is 10.1 Å². The van der Waals surface area contributed by atoms with Crippen LogP contribution in [0.4, 0.5) is 5.69 Å². The third-order valence-corrected chi connectivity index (χ3v) is 5.27. The third kappa shape index (κ3) is 3.27. The van der Waals surface area contributed by atoms with Gasteiger partial charge in [-0.15, -0.1) is 11.3 Å². The fourth-order valence-electron chi connectivity index (χ4n) is 3.10. The van der Waals surface area contributed by atoms with Gasteiger partial charge in [-0.3, -0.25) is 14.2 Å². The number of carbonyl (C=O) groups is 1. The maximum Gasteiger partial charge on any atom is 0.336 e. The number of para-hydroxylation sites is 1. The number of aryl methyl sites for hydroxylation is 1. The number of carbonyl (C=O) groups excluding carboxylic acids is 1. The summed E-state index contributed by atoms with van der Waals surface area (Å²) in [5.41, 5.74) is 1.62. The minimum Gasteiger partial charge on any atom is -0.325 e. The van der Waals surface area contributed by atoms with Gasteiger partial charge in [-0.1, -0.05) is 30.3 Å². The Labute approximate surface area is 164 Å². The number of nitrogens with zero attached hydrogens (tertiary/aromatic N) is 2. The van der Waals surface area contributed by atoms with Crippen molar-refractivity contribution in [1.29, 1.82) is 0 Å². The van der Waals surface area contributed by atoms with Crippen molar-refractivity contribution in [2.75, 3.05) is 5.32 Å². The maximum absolute atomic E-state index is 13.2. The summed E-state index contributed by atoms with van der Waals surface area (Å²) >= 11 is 1.26. The predicted octanol–water partition coefficient (Wildman–Crippen LogP) is 3.16. The lowest BCUT2D eigenvalue weighted by atomic mass is 10.2. The van der Waals surface area contributed by atoms with Gasteiger partial charge >= 0.3 is 5.69 Å². The Balaban J connectivity index is 1.82. The van der Waals surface area contributed by atoms with Crippen LogP contribution in [0.15, 0.2) is 75.6 Å². The minimum atomic E-state index is -0.537. The molecule has 140 valence electrons. The second-order valence-electron chi connectivity index (χ2n) is 6.40. The van der Waals surface area contributed by atoms with Gasteiger partial charge in [0.2, 0.25) is 5.91 Å². The van der Waals surface area contributed by atoms with Gasteiger partial charge in [0.15, 0.2) is 0 Å². The molecule has 0 unspecified atom stereocenters. The van der Waals surface area contributed by atoms with E-state index in [0.29, 0.717) is 21.6 Å². The maximum atomic E-state index is 13.2. The van der Waals surface area contributed by atoms with Crippen molar-refractivity contribution < 1.29 is 4.79 Å². The fraction of sp³-hybridized carbons (Fsp3) is 0.0952. The Morgan fingerprint density at radius 3 is 2.57 bits per heavy atom. The van der Waals surface area contributed by atoms with E-state index >= 15 is 0 Å². The van der Waals surface area contributed by atoms with Gasteiger partial charge in [0.05, 0.1) is 11.2 Å². The largest absolute Gasteiger partial charge is 0.336 e. The van der Waals surface area contributed by atoms with Crippen molar-refractivity contribution in [2.45, 2.75) is 13.5 Å². The Morgan fingerprint density at radius 1 is 1.04 bits per heavy atom. The number of thiophene rings is 1. The average molecular weight is 391 g/mol. The van der Waals surface area contributed by atoms with E-state index in [1.807, 2.05) is 31.2 Å². The van der Waals surface area contributed by atoms with Crippen LogP contribution in [-0.2, 0) is 11.3 Å². The molecule has 0 spiro atoms. The highest BCUT2D eigenvalue weighted by molar-refractivity contribution is 7.17. The molecule has 2 aromatic carbocycles. The first-order valence-electron chi connectivity index (χ1n) is 8.69. The number of rotatable bonds is 4. The molecule has 0 saturated carbocycles. The first-order chi connectivity index (χ1) is 13.5. The van der Waals surface area contributed by atoms with Crippen LogP contribution in [0.1, 0.15) is 5.56 Å². The van der Waals surface area contributed by atoms with Crippen LogP contribution in [0.3, 0.4) is 0 Å². The molecular weight excluding hydrogens is 374 g/mol. The second kappa shape index (κ2) is 7.28. The van der Waals surface area contributed by atoms with Crippen LogP contribution in [0.5, 0.6) is 0 Å². The zero-order valence-electron chi connectivity index (χ0n) is 15.1. The van der Waals surface area contributed by atoms with Gasteiger partial charge in [0, 0.05) is 5.69 Å². The average Bonchev–Trinajstić information content (AvgIpc) is 3.16. The van der Waals surface area contributed by atoms with Gasteiger partial charge in [-0.2, -0.15) is 0 Å². The Hall–Kier alpha value is -3.45. The lowest BCUT2D eigenvalue weighted by Gasteiger charge is -2.13. The summed E-state index contributed by atoms with van der Waals surface area (Å²) in [6.45, 7) is 1.71.